The summed E-state index contributed by atoms with van der Waals surface area (Å²) in [6.07, 6.45) is 4.52. The van der Waals surface area contributed by atoms with Gasteiger partial charge in [0.15, 0.2) is 5.69 Å². The number of nitriles is 1. The van der Waals surface area contributed by atoms with Crippen LogP contribution in [0.5, 0.6) is 0 Å². The van der Waals surface area contributed by atoms with E-state index >= 15 is 0 Å². The second-order valence-corrected chi connectivity index (χ2v) is 5.93. The number of hydrogen-bond donors (Lipinski definition) is 1. The number of methoxy groups -OCH3 is 1. The Morgan fingerprint density at radius 3 is 2.68 bits per heavy atom. The second kappa shape index (κ2) is 6.85. The van der Waals surface area contributed by atoms with Gasteiger partial charge >= 0.3 is 5.97 Å². The summed E-state index contributed by atoms with van der Waals surface area (Å²) in [7, 11) is 1.24. The van der Waals surface area contributed by atoms with Crippen molar-refractivity contribution in [2.24, 2.45) is 0 Å². The molecule has 2 aromatic rings. The van der Waals surface area contributed by atoms with Crippen LogP contribution in [0.1, 0.15) is 35.3 Å². The Hall–Kier alpha value is -3.01. The molecule has 3 rings (SSSR count). The van der Waals surface area contributed by atoms with Crippen molar-refractivity contribution in [3.63, 3.8) is 0 Å². The van der Waals surface area contributed by atoms with Gasteiger partial charge in [-0.3, -0.25) is 0 Å². The van der Waals surface area contributed by atoms with E-state index in [0.29, 0.717) is 11.4 Å². The van der Waals surface area contributed by atoms with Crippen molar-refractivity contribution >= 4 is 17.3 Å². The molecule has 1 saturated heterocycles. The molecule has 0 bridgehead atoms. The summed E-state index contributed by atoms with van der Waals surface area (Å²) < 4.78 is 20.9. The number of esters is 1. The van der Waals surface area contributed by atoms with Gasteiger partial charge in [-0.15, -0.1) is 0 Å². The molecule has 6 nitrogen and oxygen atoms in total. The number of rotatable bonds is 3. The first-order valence-electron chi connectivity index (χ1n) is 8.11. The highest BCUT2D eigenvalue weighted by molar-refractivity contribution is 5.96. The van der Waals surface area contributed by atoms with Gasteiger partial charge in [0.25, 0.3) is 0 Å². The van der Waals surface area contributed by atoms with Crippen LogP contribution >= 0.6 is 0 Å². The van der Waals surface area contributed by atoms with Crippen molar-refractivity contribution in [3.8, 4) is 11.8 Å². The Kier molecular flexibility index (Phi) is 4.61. The second-order valence-electron chi connectivity index (χ2n) is 5.93. The summed E-state index contributed by atoms with van der Waals surface area (Å²) in [5.74, 6) is -1.05. The number of carbonyl (C=O) groups is 1. The molecule has 0 saturated carbocycles. The van der Waals surface area contributed by atoms with Gasteiger partial charge in [-0.05, 0) is 31.4 Å². The van der Waals surface area contributed by atoms with Crippen LogP contribution in [0, 0.1) is 17.1 Å². The maximum atomic E-state index is 14.7. The van der Waals surface area contributed by atoms with Crippen molar-refractivity contribution in [2.45, 2.75) is 19.3 Å². The summed E-state index contributed by atoms with van der Waals surface area (Å²) in [6.45, 7) is 1.48. The number of piperidine rings is 1. The maximum absolute atomic E-state index is 14.7. The first-order chi connectivity index (χ1) is 12.1. The Bertz CT molecular complexity index is 847. The normalized spacial score (nSPS) is 14.2. The first-order valence-corrected chi connectivity index (χ1v) is 8.11. The maximum Gasteiger partial charge on any atom is 0.357 e. The number of nitrogens with zero attached hydrogens (tertiary/aromatic N) is 3. The predicted octanol–water partition coefficient (Wildman–Crippen LogP) is 2.85. The predicted molar refractivity (Wildman–Crippen MR) is 92.3 cm³/mol. The average molecular weight is 342 g/mol. The van der Waals surface area contributed by atoms with E-state index in [1.165, 1.54) is 23.9 Å². The number of nitrogen functional groups attached to an aromatic ring is 1. The quantitative estimate of drug-likeness (QED) is 0.867. The zero-order chi connectivity index (χ0) is 18.0. The number of para-hydroxylation sites is 1. The van der Waals surface area contributed by atoms with Crippen LogP contribution in [-0.2, 0) is 4.74 Å². The molecule has 0 atom stereocenters. The van der Waals surface area contributed by atoms with E-state index in [-0.39, 0.29) is 22.8 Å². The summed E-state index contributed by atoms with van der Waals surface area (Å²) in [5, 5.41) is 9.25. The van der Waals surface area contributed by atoms with Crippen LogP contribution in [0.4, 0.5) is 15.8 Å². The van der Waals surface area contributed by atoms with Crippen LogP contribution in [0.3, 0.4) is 0 Å². The van der Waals surface area contributed by atoms with Crippen molar-refractivity contribution in [3.05, 3.63) is 41.5 Å². The summed E-state index contributed by atoms with van der Waals surface area (Å²) in [4.78, 5) is 14.2. The molecule has 0 amide bonds. The largest absolute Gasteiger partial charge is 0.464 e. The van der Waals surface area contributed by atoms with Crippen molar-refractivity contribution < 1.29 is 13.9 Å². The minimum Gasteiger partial charge on any atom is -0.464 e. The van der Waals surface area contributed by atoms with Crippen LogP contribution in [-0.4, -0.2) is 30.7 Å². The third-order valence-electron chi connectivity index (χ3n) is 4.44. The van der Waals surface area contributed by atoms with Gasteiger partial charge < -0.3 is 19.9 Å². The highest BCUT2D eigenvalue weighted by Gasteiger charge is 2.26. The van der Waals surface area contributed by atoms with Crippen LogP contribution < -0.4 is 10.6 Å². The Labute approximate surface area is 145 Å². The van der Waals surface area contributed by atoms with E-state index in [0.717, 1.165) is 32.4 Å². The van der Waals surface area contributed by atoms with E-state index in [1.807, 2.05) is 11.0 Å². The van der Waals surface area contributed by atoms with Crippen molar-refractivity contribution in [1.82, 2.24) is 4.57 Å². The van der Waals surface area contributed by atoms with E-state index < -0.39 is 5.97 Å². The van der Waals surface area contributed by atoms with Crippen molar-refractivity contribution in [2.75, 3.05) is 30.8 Å². The van der Waals surface area contributed by atoms with Gasteiger partial charge in [0.05, 0.1) is 29.7 Å². The van der Waals surface area contributed by atoms with Gasteiger partial charge in [0.2, 0.25) is 0 Å². The number of aromatic nitrogens is 1. The summed E-state index contributed by atoms with van der Waals surface area (Å²) in [5.41, 5.74) is 7.03. The smallest absolute Gasteiger partial charge is 0.357 e. The average Bonchev–Trinajstić information content (AvgIpc) is 2.98. The molecule has 0 radical (unpaired) electrons. The van der Waals surface area contributed by atoms with Crippen LogP contribution in [0.15, 0.2) is 24.4 Å². The number of nitrogens with two attached hydrogens (primary N) is 1. The lowest BCUT2D eigenvalue weighted by Gasteiger charge is -2.31. The zero-order valence-corrected chi connectivity index (χ0v) is 14.0. The lowest BCUT2D eigenvalue weighted by molar-refractivity contribution is 0.0593. The van der Waals surface area contributed by atoms with Gasteiger partial charge in [-0.25, -0.2) is 9.18 Å². The fourth-order valence-corrected chi connectivity index (χ4v) is 3.23. The third-order valence-corrected chi connectivity index (χ3v) is 4.44. The molecular weight excluding hydrogens is 323 g/mol. The molecule has 2 heterocycles. The van der Waals surface area contributed by atoms with E-state index in [9.17, 15) is 14.4 Å². The minimum absolute atomic E-state index is 0.0305. The lowest BCUT2D eigenvalue weighted by Crippen LogP contribution is -2.31. The molecule has 2 N–H and O–H groups in total. The highest BCUT2D eigenvalue weighted by Crippen LogP contribution is 2.34. The molecule has 1 aromatic carbocycles. The number of halogens is 1. The molecule has 1 aliphatic heterocycles. The molecule has 7 heteroatoms. The third kappa shape index (κ3) is 2.91. The van der Waals surface area contributed by atoms with E-state index in [1.54, 1.807) is 12.1 Å². The minimum atomic E-state index is -0.673. The Balaban J connectivity index is 2.22. The van der Waals surface area contributed by atoms with Crippen LogP contribution in [0.25, 0.3) is 5.69 Å². The fourth-order valence-electron chi connectivity index (χ4n) is 3.23. The summed E-state index contributed by atoms with van der Waals surface area (Å²) in [6, 6.07) is 6.63. The topological polar surface area (TPSA) is 84.3 Å². The van der Waals surface area contributed by atoms with Crippen molar-refractivity contribution in [1.29, 1.82) is 5.26 Å². The molecule has 1 aromatic heterocycles. The standard InChI is InChI=1S/C18H19FN4O2/c1-25-18(24)17-15(21)12(10-20)11-23(17)14-7-5-6-13(19)16(14)22-8-3-2-4-9-22/h5-7,11H,2-4,8-9,21H2,1H3. The molecule has 25 heavy (non-hydrogen) atoms. The van der Waals surface area contributed by atoms with E-state index in [2.05, 4.69) is 0 Å². The zero-order valence-electron chi connectivity index (χ0n) is 14.0. The van der Waals surface area contributed by atoms with Crippen LogP contribution in [0.2, 0.25) is 0 Å². The fraction of sp³-hybridized carbons (Fsp3) is 0.333. The number of hydrogen-bond acceptors (Lipinski definition) is 5. The van der Waals surface area contributed by atoms with Gasteiger partial charge in [0.1, 0.15) is 11.9 Å². The highest BCUT2D eigenvalue weighted by atomic mass is 19.1. The molecule has 0 spiro atoms. The molecular formula is C18H19FN4O2. The van der Waals surface area contributed by atoms with Gasteiger partial charge in [-0.1, -0.05) is 6.07 Å². The Morgan fingerprint density at radius 2 is 2.04 bits per heavy atom. The number of ether oxygens (including phenoxy) is 1. The van der Waals surface area contributed by atoms with Gasteiger partial charge in [-0.2, -0.15) is 5.26 Å². The lowest BCUT2D eigenvalue weighted by atomic mass is 10.1. The number of carbonyl (C=O) groups excluding carboxylic acids is 1. The number of benzene rings is 1. The monoisotopic (exact) mass is 342 g/mol. The molecule has 0 unspecified atom stereocenters. The van der Waals surface area contributed by atoms with Gasteiger partial charge in [0, 0.05) is 19.3 Å². The molecule has 1 aliphatic rings. The Morgan fingerprint density at radius 1 is 1.32 bits per heavy atom. The SMILES string of the molecule is COC(=O)c1c(N)c(C#N)cn1-c1cccc(F)c1N1CCCCC1. The molecule has 0 aliphatic carbocycles. The number of anilines is 2. The molecule has 130 valence electrons. The summed E-state index contributed by atoms with van der Waals surface area (Å²) >= 11 is 0. The molecule has 1 fully saturated rings. The first kappa shape index (κ1) is 16.8. The van der Waals surface area contributed by atoms with E-state index in [4.69, 9.17) is 10.5 Å².